The van der Waals surface area contributed by atoms with Crippen molar-refractivity contribution in [3.8, 4) is 11.5 Å². The third kappa shape index (κ3) is 3.33. The zero-order chi connectivity index (χ0) is 12.8. The number of amides is 1. The molecular formula is C11H15NO5. The summed E-state index contributed by atoms with van der Waals surface area (Å²) in [5.41, 5.74) is -0.168. The summed E-state index contributed by atoms with van der Waals surface area (Å²) in [7, 11) is 2.88. The van der Waals surface area contributed by atoms with Crippen LogP contribution in [0.3, 0.4) is 0 Å². The predicted octanol–water partition coefficient (Wildman–Crippen LogP) is 0.447. The fourth-order valence-electron chi connectivity index (χ4n) is 1.29. The molecule has 0 fully saturated rings. The lowest BCUT2D eigenvalue weighted by Crippen LogP contribution is -2.34. The number of rotatable bonds is 5. The van der Waals surface area contributed by atoms with E-state index in [9.17, 15) is 15.0 Å². The second-order valence-electron chi connectivity index (χ2n) is 3.28. The van der Waals surface area contributed by atoms with Crippen LogP contribution >= 0.6 is 0 Å². The Morgan fingerprint density at radius 1 is 1.29 bits per heavy atom. The Labute approximate surface area is 98.8 Å². The molecule has 0 atom stereocenters. The number of phenolic OH excluding ortho intramolecular Hbond substituents is 2. The van der Waals surface area contributed by atoms with E-state index in [1.807, 2.05) is 0 Å². The summed E-state index contributed by atoms with van der Waals surface area (Å²) in [4.78, 5) is 11.7. The third-order valence-corrected chi connectivity index (χ3v) is 2.20. The maximum Gasteiger partial charge on any atom is 0.259 e. The van der Waals surface area contributed by atoms with E-state index in [1.54, 1.807) is 0 Å². The maximum atomic E-state index is 11.7. The molecule has 1 aromatic carbocycles. The fourth-order valence-corrected chi connectivity index (χ4v) is 1.29. The Kier molecular flexibility index (Phi) is 4.74. The van der Waals surface area contributed by atoms with Gasteiger partial charge >= 0.3 is 0 Å². The van der Waals surface area contributed by atoms with Crippen molar-refractivity contribution >= 4 is 5.91 Å². The van der Waals surface area contributed by atoms with Crippen molar-refractivity contribution in [2.45, 2.75) is 6.29 Å². The van der Waals surface area contributed by atoms with Gasteiger partial charge in [-0.15, -0.1) is 0 Å². The molecule has 0 bridgehead atoms. The molecule has 0 aliphatic carbocycles. The van der Waals surface area contributed by atoms with Gasteiger partial charge in [-0.1, -0.05) is 6.07 Å². The average molecular weight is 241 g/mol. The highest BCUT2D eigenvalue weighted by Crippen LogP contribution is 2.25. The highest BCUT2D eigenvalue weighted by Gasteiger charge is 2.17. The number of carbonyl (C=O) groups is 1. The van der Waals surface area contributed by atoms with Crippen molar-refractivity contribution in [1.29, 1.82) is 0 Å². The van der Waals surface area contributed by atoms with Crippen LogP contribution in [-0.4, -0.2) is 43.2 Å². The lowest BCUT2D eigenvalue weighted by atomic mass is 10.1. The van der Waals surface area contributed by atoms with Crippen LogP contribution in [0, 0.1) is 0 Å². The minimum absolute atomic E-state index is 0.111. The van der Waals surface area contributed by atoms with Gasteiger partial charge in [0.05, 0.1) is 6.54 Å². The van der Waals surface area contributed by atoms with E-state index in [-0.39, 0.29) is 23.6 Å². The van der Waals surface area contributed by atoms with Gasteiger partial charge in [0.2, 0.25) is 0 Å². The Morgan fingerprint density at radius 2 is 1.82 bits per heavy atom. The van der Waals surface area contributed by atoms with E-state index in [4.69, 9.17) is 9.47 Å². The number of nitrogens with one attached hydrogen (secondary N) is 1. The van der Waals surface area contributed by atoms with Gasteiger partial charge in [-0.2, -0.15) is 0 Å². The van der Waals surface area contributed by atoms with Gasteiger partial charge in [-0.25, -0.2) is 0 Å². The van der Waals surface area contributed by atoms with Gasteiger partial charge in [0, 0.05) is 14.2 Å². The third-order valence-electron chi connectivity index (χ3n) is 2.20. The normalized spacial score (nSPS) is 10.5. The maximum absolute atomic E-state index is 11.7. The van der Waals surface area contributed by atoms with Crippen LogP contribution in [0.1, 0.15) is 10.4 Å². The molecular weight excluding hydrogens is 226 g/mol. The Morgan fingerprint density at radius 3 is 2.29 bits per heavy atom. The molecule has 1 aromatic rings. The molecule has 1 rings (SSSR count). The number of aromatic hydroxyl groups is 2. The van der Waals surface area contributed by atoms with Gasteiger partial charge < -0.3 is 25.0 Å². The second kappa shape index (κ2) is 6.07. The summed E-state index contributed by atoms with van der Waals surface area (Å²) in [5.74, 6) is -1.16. The van der Waals surface area contributed by atoms with E-state index in [1.165, 1.54) is 32.4 Å². The summed E-state index contributed by atoms with van der Waals surface area (Å²) in [5, 5.41) is 21.4. The van der Waals surface area contributed by atoms with E-state index in [0.717, 1.165) is 0 Å². The molecule has 0 heterocycles. The summed E-state index contributed by atoms with van der Waals surface area (Å²) in [6.07, 6.45) is -0.577. The van der Waals surface area contributed by atoms with E-state index in [2.05, 4.69) is 5.32 Å². The highest BCUT2D eigenvalue weighted by atomic mass is 16.7. The summed E-state index contributed by atoms with van der Waals surface area (Å²) >= 11 is 0. The minimum atomic E-state index is -0.597. The van der Waals surface area contributed by atoms with E-state index in [0.29, 0.717) is 0 Å². The molecule has 0 aromatic heterocycles. The summed E-state index contributed by atoms with van der Waals surface area (Å²) in [6, 6.07) is 4.08. The SMILES string of the molecule is COC(CNC(=O)c1c(O)cccc1O)OC. The lowest BCUT2D eigenvalue weighted by Gasteiger charge is -2.14. The first-order chi connectivity index (χ1) is 8.10. The first-order valence-electron chi connectivity index (χ1n) is 4.95. The van der Waals surface area contributed by atoms with Crippen LogP contribution in [0.5, 0.6) is 11.5 Å². The lowest BCUT2D eigenvalue weighted by molar-refractivity contribution is -0.0974. The Balaban J connectivity index is 2.70. The van der Waals surface area contributed by atoms with Crippen LogP contribution in [0.2, 0.25) is 0 Å². The van der Waals surface area contributed by atoms with Crippen molar-refractivity contribution in [1.82, 2.24) is 5.32 Å². The van der Waals surface area contributed by atoms with E-state index < -0.39 is 12.2 Å². The molecule has 94 valence electrons. The molecule has 0 saturated heterocycles. The Bertz CT molecular complexity index is 369. The number of methoxy groups -OCH3 is 2. The van der Waals surface area contributed by atoms with Crippen LogP contribution in [0.25, 0.3) is 0 Å². The number of hydrogen-bond donors (Lipinski definition) is 3. The first-order valence-corrected chi connectivity index (χ1v) is 4.95. The molecule has 0 spiro atoms. The first kappa shape index (κ1) is 13.3. The number of carbonyl (C=O) groups excluding carboxylic acids is 1. The zero-order valence-corrected chi connectivity index (χ0v) is 9.64. The number of hydrogen-bond acceptors (Lipinski definition) is 5. The monoisotopic (exact) mass is 241 g/mol. The minimum Gasteiger partial charge on any atom is -0.507 e. The molecule has 17 heavy (non-hydrogen) atoms. The molecule has 0 unspecified atom stereocenters. The van der Waals surface area contributed by atoms with Gasteiger partial charge in [0.1, 0.15) is 17.1 Å². The summed E-state index contributed by atoms with van der Waals surface area (Å²) < 4.78 is 9.77. The predicted molar refractivity (Wildman–Crippen MR) is 59.9 cm³/mol. The van der Waals surface area contributed by atoms with Gasteiger partial charge in [-0.3, -0.25) is 4.79 Å². The van der Waals surface area contributed by atoms with Crippen molar-refractivity contribution < 1.29 is 24.5 Å². The molecule has 6 heteroatoms. The van der Waals surface area contributed by atoms with Crippen molar-refractivity contribution in [2.75, 3.05) is 20.8 Å². The fraction of sp³-hybridized carbons (Fsp3) is 0.364. The molecule has 3 N–H and O–H groups in total. The second-order valence-corrected chi connectivity index (χ2v) is 3.28. The van der Waals surface area contributed by atoms with Gasteiger partial charge in [0.25, 0.3) is 5.91 Å². The van der Waals surface area contributed by atoms with E-state index >= 15 is 0 Å². The van der Waals surface area contributed by atoms with Crippen LogP contribution < -0.4 is 5.32 Å². The van der Waals surface area contributed by atoms with Gasteiger partial charge in [0.15, 0.2) is 6.29 Å². The quantitative estimate of drug-likeness (QED) is 0.651. The van der Waals surface area contributed by atoms with Crippen molar-refractivity contribution in [3.05, 3.63) is 23.8 Å². The molecule has 0 saturated carbocycles. The smallest absolute Gasteiger partial charge is 0.259 e. The molecule has 0 aliphatic rings. The van der Waals surface area contributed by atoms with Crippen molar-refractivity contribution in [3.63, 3.8) is 0 Å². The highest BCUT2D eigenvalue weighted by molar-refractivity contribution is 5.99. The molecule has 0 aliphatic heterocycles. The van der Waals surface area contributed by atoms with Crippen LogP contribution in [0.15, 0.2) is 18.2 Å². The largest absolute Gasteiger partial charge is 0.507 e. The number of ether oxygens (including phenoxy) is 2. The van der Waals surface area contributed by atoms with Crippen LogP contribution in [0.4, 0.5) is 0 Å². The molecule has 1 amide bonds. The zero-order valence-electron chi connectivity index (χ0n) is 9.64. The topological polar surface area (TPSA) is 88.0 Å². The average Bonchev–Trinajstić information content (AvgIpc) is 2.30. The molecule has 0 radical (unpaired) electrons. The van der Waals surface area contributed by atoms with Crippen molar-refractivity contribution in [2.24, 2.45) is 0 Å². The number of phenols is 2. The molecule has 6 nitrogen and oxygen atoms in total. The summed E-state index contributed by atoms with van der Waals surface area (Å²) in [6.45, 7) is 0.111. The van der Waals surface area contributed by atoms with Gasteiger partial charge in [-0.05, 0) is 12.1 Å². The Hall–Kier alpha value is -1.79. The number of benzene rings is 1. The standard InChI is InChI=1S/C11H15NO5/c1-16-9(17-2)6-12-11(15)10-7(13)4-3-5-8(10)14/h3-5,9,13-14H,6H2,1-2H3,(H,12,15). The van der Waals surface area contributed by atoms with Crippen LogP contribution in [-0.2, 0) is 9.47 Å².